The molecule has 0 aliphatic rings. The zero-order valence-corrected chi connectivity index (χ0v) is 9.50. The van der Waals surface area contributed by atoms with Crippen molar-refractivity contribution in [2.45, 2.75) is 40.5 Å². The molecule has 0 aromatic heterocycles. The fraction of sp³-hybridized carbons (Fsp3) is 0.750. The molecule has 0 fully saturated rings. The lowest BCUT2D eigenvalue weighted by Gasteiger charge is -2.33. The summed E-state index contributed by atoms with van der Waals surface area (Å²) in [5, 5.41) is 9.17. The smallest absolute Gasteiger partial charge is 0.307 e. The highest BCUT2D eigenvalue weighted by molar-refractivity contribution is 5.71. The van der Waals surface area contributed by atoms with Gasteiger partial charge in [-0.25, -0.2) is 0 Å². The predicted octanol–water partition coefficient (Wildman–Crippen LogP) is 2.78. The molecule has 80 valence electrons. The van der Waals surface area contributed by atoms with Crippen molar-refractivity contribution in [3.8, 4) is 12.3 Å². The van der Waals surface area contributed by atoms with Crippen LogP contribution in [0, 0.1) is 29.6 Å². The van der Waals surface area contributed by atoms with E-state index in [0.717, 1.165) is 6.42 Å². The van der Waals surface area contributed by atoms with E-state index in [4.69, 9.17) is 11.5 Å². The summed E-state index contributed by atoms with van der Waals surface area (Å²) >= 11 is 0. The number of hydrogen-bond donors (Lipinski definition) is 1. The first kappa shape index (κ1) is 13.0. The minimum absolute atomic E-state index is 0.163. The van der Waals surface area contributed by atoms with Gasteiger partial charge in [-0.1, -0.05) is 34.1 Å². The summed E-state index contributed by atoms with van der Waals surface area (Å²) in [5.74, 6) is 1.63. The standard InChI is InChI=1S/C12H20O2/c1-6-8-12(4,5)10(11(13)14)9(3)7-2/h1,9-10H,7-8H2,2-5H3,(H,13,14). The lowest BCUT2D eigenvalue weighted by molar-refractivity contribution is -0.148. The molecular weight excluding hydrogens is 176 g/mol. The molecule has 0 saturated carbocycles. The van der Waals surface area contributed by atoms with Gasteiger partial charge < -0.3 is 5.11 Å². The average molecular weight is 196 g/mol. The van der Waals surface area contributed by atoms with Gasteiger partial charge >= 0.3 is 5.97 Å². The highest BCUT2D eigenvalue weighted by Gasteiger charge is 2.37. The maximum atomic E-state index is 11.2. The minimum atomic E-state index is -0.736. The topological polar surface area (TPSA) is 37.3 Å². The lowest BCUT2D eigenvalue weighted by atomic mass is 9.70. The highest BCUT2D eigenvalue weighted by atomic mass is 16.4. The van der Waals surface area contributed by atoms with E-state index in [-0.39, 0.29) is 17.3 Å². The zero-order chi connectivity index (χ0) is 11.4. The second kappa shape index (κ2) is 5.05. The van der Waals surface area contributed by atoms with Gasteiger partial charge in [0, 0.05) is 6.42 Å². The van der Waals surface area contributed by atoms with E-state index in [1.165, 1.54) is 0 Å². The Balaban J connectivity index is 4.83. The molecule has 0 saturated heterocycles. The van der Waals surface area contributed by atoms with Gasteiger partial charge in [0.15, 0.2) is 0 Å². The first-order chi connectivity index (χ1) is 6.36. The number of carboxylic acids is 1. The first-order valence-corrected chi connectivity index (χ1v) is 5.03. The monoisotopic (exact) mass is 196 g/mol. The van der Waals surface area contributed by atoms with E-state index in [1.807, 2.05) is 27.7 Å². The number of aliphatic carboxylic acids is 1. The Morgan fingerprint density at radius 3 is 2.36 bits per heavy atom. The van der Waals surface area contributed by atoms with Crippen LogP contribution in [0.1, 0.15) is 40.5 Å². The fourth-order valence-corrected chi connectivity index (χ4v) is 1.96. The van der Waals surface area contributed by atoms with E-state index in [0.29, 0.717) is 6.42 Å². The summed E-state index contributed by atoms with van der Waals surface area (Å²) in [6, 6.07) is 0. The Hall–Kier alpha value is -0.970. The number of hydrogen-bond acceptors (Lipinski definition) is 1. The van der Waals surface area contributed by atoms with Gasteiger partial charge in [0.05, 0.1) is 5.92 Å². The van der Waals surface area contributed by atoms with Gasteiger partial charge in [0.2, 0.25) is 0 Å². The molecule has 0 rings (SSSR count). The third-order valence-electron chi connectivity index (χ3n) is 2.88. The van der Waals surface area contributed by atoms with Crippen LogP contribution < -0.4 is 0 Å². The Labute approximate surface area is 86.7 Å². The van der Waals surface area contributed by atoms with E-state index in [1.54, 1.807) is 0 Å². The van der Waals surface area contributed by atoms with Crippen LogP contribution in [-0.2, 0) is 4.79 Å². The van der Waals surface area contributed by atoms with Crippen LogP contribution in [0.5, 0.6) is 0 Å². The summed E-state index contributed by atoms with van der Waals surface area (Å²) < 4.78 is 0. The van der Waals surface area contributed by atoms with Crippen molar-refractivity contribution in [2.75, 3.05) is 0 Å². The van der Waals surface area contributed by atoms with Crippen molar-refractivity contribution in [1.29, 1.82) is 0 Å². The van der Waals surface area contributed by atoms with Crippen LogP contribution >= 0.6 is 0 Å². The highest BCUT2D eigenvalue weighted by Crippen LogP contribution is 2.36. The molecule has 2 heteroatoms. The van der Waals surface area contributed by atoms with Crippen molar-refractivity contribution in [1.82, 2.24) is 0 Å². The van der Waals surface area contributed by atoms with Crippen molar-refractivity contribution in [2.24, 2.45) is 17.3 Å². The molecule has 1 N–H and O–H groups in total. The van der Waals surface area contributed by atoms with Gasteiger partial charge in [-0.3, -0.25) is 4.79 Å². The van der Waals surface area contributed by atoms with Crippen molar-refractivity contribution in [3.05, 3.63) is 0 Å². The minimum Gasteiger partial charge on any atom is -0.481 e. The van der Waals surface area contributed by atoms with Gasteiger partial charge in [-0.05, 0) is 11.3 Å². The third-order valence-corrected chi connectivity index (χ3v) is 2.88. The van der Waals surface area contributed by atoms with Crippen LogP contribution in [0.2, 0.25) is 0 Å². The van der Waals surface area contributed by atoms with E-state index in [9.17, 15) is 4.79 Å². The summed E-state index contributed by atoms with van der Waals surface area (Å²) in [6.07, 6.45) is 6.63. The van der Waals surface area contributed by atoms with Crippen LogP contribution in [0.3, 0.4) is 0 Å². The second-order valence-corrected chi connectivity index (χ2v) is 4.57. The van der Waals surface area contributed by atoms with Crippen LogP contribution in [0.15, 0.2) is 0 Å². The third kappa shape index (κ3) is 3.06. The summed E-state index contributed by atoms with van der Waals surface area (Å²) in [5.41, 5.74) is -0.323. The Bertz CT molecular complexity index is 235. The molecule has 2 nitrogen and oxygen atoms in total. The number of carbonyl (C=O) groups is 1. The Morgan fingerprint density at radius 2 is 2.07 bits per heavy atom. The van der Waals surface area contributed by atoms with Gasteiger partial charge in [0.25, 0.3) is 0 Å². The maximum Gasteiger partial charge on any atom is 0.307 e. The van der Waals surface area contributed by atoms with Gasteiger partial charge in [0.1, 0.15) is 0 Å². The molecule has 0 spiro atoms. The maximum absolute atomic E-state index is 11.2. The van der Waals surface area contributed by atoms with E-state index < -0.39 is 5.97 Å². The molecule has 0 bridgehead atoms. The lowest BCUT2D eigenvalue weighted by Crippen LogP contribution is -2.35. The molecule has 14 heavy (non-hydrogen) atoms. The fourth-order valence-electron chi connectivity index (χ4n) is 1.96. The Kier molecular flexibility index (Phi) is 4.70. The average Bonchev–Trinajstić information content (AvgIpc) is 2.02. The molecule has 0 aliphatic carbocycles. The van der Waals surface area contributed by atoms with Crippen LogP contribution in [0.25, 0.3) is 0 Å². The van der Waals surface area contributed by atoms with Gasteiger partial charge in [-0.2, -0.15) is 0 Å². The molecule has 0 aromatic rings. The van der Waals surface area contributed by atoms with Crippen LogP contribution in [-0.4, -0.2) is 11.1 Å². The number of rotatable bonds is 5. The molecule has 2 unspecified atom stereocenters. The molecule has 0 aromatic carbocycles. The Morgan fingerprint density at radius 1 is 1.57 bits per heavy atom. The van der Waals surface area contributed by atoms with Crippen molar-refractivity contribution in [3.63, 3.8) is 0 Å². The quantitative estimate of drug-likeness (QED) is 0.686. The normalized spacial score (nSPS) is 15.6. The predicted molar refractivity (Wildman–Crippen MR) is 57.8 cm³/mol. The molecule has 0 heterocycles. The number of carboxylic acid groups (broad SMARTS) is 1. The summed E-state index contributed by atoms with van der Waals surface area (Å²) in [7, 11) is 0. The van der Waals surface area contributed by atoms with Crippen molar-refractivity contribution < 1.29 is 9.90 Å². The SMILES string of the molecule is C#CCC(C)(C)C(C(=O)O)C(C)CC. The largest absolute Gasteiger partial charge is 0.481 e. The molecular formula is C12H20O2. The molecule has 0 aliphatic heterocycles. The molecule has 2 atom stereocenters. The van der Waals surface area contributed by atoms with E-state index >= 15 is 0 Å². The van der Waals surface area contributed by atoms with Crippen LogP contribution in [0.4, 0.5) is 0 Å². The number of terminal acetylenes is 1. The zero-order valence-electron chi connectivity index (χ0n) is 9.50. The molecule has 0 radical (unpaired) electrons. The van der Waals surface area contributed by atoms with Crippen molar-refractivity contribution >= 4 is 5.97 Å². The summed E-state index contributed by atoms with van der Waals surface area (Å²) in [4.78, 5) is 11.2. The molecule has 0 amide bonds. The first-order valence-electron chi connectivity index (χ1n) is 5.03. The second-order valence-electron chi connectivity index (χ2n) is 4.57. The van der Waals surface area contributed by atoms with E-state index in [2.05, 4.69) is 5.92 Å². The summed E-state index contributed by atoms with van der Waals surface area (Å²) in [6.45, 7) is 7.83. The van der Waals surface area contributed by atoms with Gasteiger partial charge in [-0.15, -0.1) is 12.3 Å².